The molecule has 0 N–H and O–H groups in total. The molecule has 1 aliphatic carbocycles. The summed E-state index contributed by atoms with van der Waals surface area (Å²) in [6.45, 7) is 7.36. The van der Waals surface area contributed by atoms with Gasteiger partial charge in [-0.3, -0.25) is 0 Å². The average Bonchev–Trinajstić information content (AvgIpc) is 2.60. The highest BCUT2D eigenvalue weighted by Gasteiger charge is 2.23. The zero-order valence-corrected chi connectivity index (χ0v) is 10.6. The van der Waals surface area contributed by atoms with E-state index in [0.717, 1.165) is 19.4 Å². The smallest absolute Gasteiger partial charge is 0.158 e. The Morgan fingerprint density at radius 2 is 2.19 bits per heavy atom. The predicted octanol–water partition coefficient (Wildman–Crippen LogP) is 3.58. The van der Waals surface area contributed by atoms with Crippen LogP contribution in [0.5, 0.6) is 0 Å². The van der Waals surface area contributed by atoms with Gasteiger partial charge in [-0.2, -0.15) is 0 Å². The Morgan fingerprint density at radius 3 is 2.75 bits per heavy atom. The molecule has 2 aliphatic rings. The Bertz CT molecular complexity index is 309. The van der Waals surface area contributed by atoms with Crippen molar-refractivity contribution in [3.05, 3.63) is 22.8 Å². The minimum atomic E-state index is 0.0115. The molecule has 2 nitrogen and oxygen atoms in total. The molecule has 0 spiro atoms. The lowest BCUT2D eigenvalue weighted by Crippen LogP contribution is -2.27. The third-order valence-electron chi connectivity index (χ3n) is 3.50. The molecule has 0 radical (unpaired) electrons. The summed E-state index contributed by atoms with van der Waals surface area (Å²) in [5, 5.41) is 0. The zero-order chi connectivity index (χ0) is 11.5. The number of allylic oxidation sites excluding steroid dienone is 2. The van der Waals surface area contributed by atoms with Gasteiger partial charge in [0.25, 0.3) is 0 Å². The molecule has 2 heteroatoms. The largest absolute Gasteiger partial charge is 0.353 e. The second kappa shape index (κ2) is 5.15. The molecule has 1 saturated heterocycles. The monoisotopic (exact) mass is 222 g/mol. The van der Waals surface area contributed by atoms with E-state index >= 15 is 0 Å². The minimum Gasteiger partial charge on any atom is -0.353 e. The summed E-state index contributed by atoms with van der Waals surface area (Å²) in [7, 11) is 0. The molecule has 16 heavy (non-hydrogen) atoms. The third kappa shape index (κ3) is 2.55. The summed E-state index contributed by atoms with van der Waals surface area (Å²) in [5.74, 6) is 0. The van der Waals surface area contributed by atoms with Crippen molar-refractivity contribution in [2.45, 2.75) is 58.8 Å². The maximum atomic E-state index is 6.00. The van der Waals surface area contributed by atoms with Crippen molar-refractivity contribution in [3.8, 4) is 0 Å². The van der Waals surface area contributed by atoms with E-state index in [9.17, 15) is 0 Å². The Morgan fingerprint density at radius 1 is 1.38 bits per heavy atom. The van der Waals surface area contributed by atoms with Crippen LogP contribution in [-0.2, 0) is 9.47 Å². The van der Waals surface area contributed by atoms with Crippen LogP contribution >= 0.6 is 0 Å². The predicted molar refractivity (Wildman–Crippen MR) is 65.2 cm³/mol. The topological polar surface area (TPSA) is 18.5 Å². The van der Waals surface area contributed by atoms with Gasteiger partial charge in [-0.05, 0) is 57.6 Å². The van der Waals surface area contributed by atoms with E-state index in [4.69, 9.17) is 9.47 Å². The van der Waals surface area contributed by atoms with Gasteiger partial charge in [0, 0.05) is 6.61 Å². The number of rotatable bonds is 3. The second-order valence-corrected chi connectivity index (χ2v) is 4.86. The van der Waals surface area contributed by atoms with Crippen molar-refractivity contribution in [3.63, 3.8) is 0 Å². The van der Waals surface area contributed by atoms with Gasteiger partial charge in [-0.1, -0.05) is 11.6 Å². The van der Waals surface area contributed by atoms with E-state index < -0.39 is 0 Å². The van der Waals surface area contributed by atoms with Crippen molar-refractivity contribution in [2.24, 2.45) is 0 Å². The Kier molecular flexibility index (Phi) is 3.82. The fraction of sp³-hybridized carbons (Fsp3) is 0.714. The summed E-state index contributed by atoms with van der Waals surface area (Å²) < 4.78 is 11.6. The third-order valence-corrected chi connectivity index (χ3v) is 3.50. The maximum Gasteiger partial charge on any atom is 0.158 e. The summed E-state index contributed by atoms with van der Waals surface area (Å²) in [4.78, 5) is 0. The van der Waals surface area contributed by atoms with E-state index in [0.29, 0.717) is 0 Å². The summed E-state index contributed by atoms with van der Waals surface area (Å²) in [6, 6.07) is 0. The van der Waals surface area contributed by atoms with E-state index in [1.54, 1.807) is 0 Å². The van der Waals surface area contributed by atoms with E-state index in [2.05, 4.69) is 26.8 Å². The van der Waals surface area contributed by atoms with Crippen LogP contribution in [0.2, 0.25) is 0 Å². The van der Waals surface area contributed by atoms with Gasteiger partial charge >= 0.3 is 0 Å². The number of hydrogen-bond acceptors (Lipinski definition) is 2. The van der Waals surface area contributed by atoms with Crippen molar-refractivity contribution >= 4 is 0 Å². The van der Waals surface area contributed by atoms with Gasteiger partial charge < -0.3 is 9.47 Å². The lowest BCUT2D eigenvalue weighted by atomic mass is 10.0. The summed E-state index contributed by atoms with van der Waals surface area (Å²) in [6.07, 6.45) is 6.99. The summed E-state index contributed by atoms with van der Waals surface area (Å²) >= 11 is 0. The first-order valence-corrected chi connectivity index (χ1v) is 6.32. The molecule has 0 saturated carbocycles. The molecule has 1 fully saturated rings. The highest BCUT2D eigenvalue weighted by molar-refractivity contribution is 5.42. The van der Waals surface area contributed by atoms with Crippen molar-refractivity contribution in [1.29, 1.82) is 0 Å². The Balaban J connectivity index is 1.94. The number of ether oxygens (including phenoxy) is 2. The van der Waals surface area contributed by atoms with Crippen LogP contribution in [0.25, 0.3) is 0 Å². The maximum absolute atomic E-state index is 6.00. The fourth-order valence-corrected chi connectivity index (χ4v) is 2.64. The zero-order valence-electron chi connectivity index (χ0n) is 10.6. The Hall–Kier alpha value is -0.600. The van der Waals surface area contributed by atoms with Crippen LogP contribution in [0.1, 0.15) is 46.5 Å². The lowest BCUT2D eigenvalue weighted by molar-refractivity contribution is -0.176. The average molecular weight is 222 g/mol. The van der Waals surface area contributed by atoms with Crippen LogP contribution < -0.4 is 0 Å². The minimum absolute atomic E-state index is 0.0115. The molecule has 0 bridgehead atoms. The molecule has 1 heterocycles. The second-order valence-electron chi connectivity index (χ2n) is 4.86. The van der Waals surface area contributed by atoms with Gasteiger partial charge in [0.15, 0.2) is 6.29 Å². The molecule has 2 unspecified atom stereocenters. The molecule has 0 amide bonds. The van der Waals surface area contributed by atoms with E-state index in [-0.39, 0.29) is 12.4 Å². The van der Waals surface area contributed by atoms with Crippen LogP contribution in [-0.4, -0.2) is 19.0 Å². The van der Waals surface area contributed by atoms with E-state index in [1.165, 1.54) is 29.6 Å². The van der Waals surface area contributed by atoms with Crippen LogP contribution in [0.15, 0.2) is 22.8 Å². The van der Waals surface area contributed by atoms with Crippen molar-refractivity contribution in [2.75, 3.05) is 6.61 Å². The first-order chi connectivity index (χ1) is 7.68. The van der Waals surface area contributed by atoms with Gasteiger partial charge in [0.2, 0.25) is 0 Å². The summed E-state index contributed by atoms with van der Waals surface area (Å²) in [5.41, 5.74) is 4.20. The molecule has 90 valence electrons. The van der Waals surface area contributed by atoms with Gasteiger partial charge in [-0.15, -0.1) is 0 Å². The van der Waals surface area contributed by atoms with Gasteiger partial charge in [0.1, 0.15) is 0 Å². The van der Waals surface area contributed by atoms with Crippen molar-refractivity contribution < 1.29 is 9.47 Å². The molecular weight excluding hydrogens is 200 g/mol. The standard InChI is InChI=1S/C14H22O2/c1-10-7-8-11(2)14(10)12(3)16-13-6-4-5-9-15-13/h7,12-13H,4-6,8-9H2,1-3H3. The Labute approximate surface area is 98.3 Å². The molecule has 0 aromatic heterocycles. The SMILES string of the molecule is CC1=CCC(C)=C1C(C)OC1CCCCO1. The first kappa shape index (κ1) is 11.9. The highest BCUT2D eigenvalue weighted by atomic mass is 16.7. The van der Waals surface area contributed by atoms with Gasteiger partial charge in [-0.25, -0.2) is 0 Å². The van der Waals surface area contributed by atoms with Crippen LogP contribution in [0.4, 0.5) is 0 Å². The first-order valence-electron chi connectivity index (χ1n) is 6.32. The quantitative estimate of drug-likeness (QED) is 0.726. The van der Waals surface area contributed by atoms with Crippen LogP contribution in [0, 0.1) is 0 Å². The van der Waals surface area contributed by atoms with E-state index in [1.807, 2.05) is 0 Å². The molecule has 2 atom stereocenters. The van der Waals surface area contributed by atoms with Crippen molar-refractivity contribution in [1.82, 2.24) is 0 Å². The molecular formula is C14H22O2. The van der Waals surface area contributed by atoms with Gasteiger partial charge in [0.05, 0.1) is 6.10 Å². The fourth-order valence-electron chi connectivity index (χ4n) is 2.64. The number of hydrogen-bond donors (Lipinski definition) is 0. The highest BCUT2D eigenvalue weighted by Crippen LogP contribution is 2.30. The molecule has 0 aromatic carbocycles. The molecule has 2 rings (SSSR count). The lowest BCUT2D eigenvalue weighted by Gasteiger charge is -2.27. The molecule has 0 aromatic rings. The normalized spacial score (nSPS) is 28.2. The van der Waals surface area contributed by atoms with Crippen LogP contribution in [0.3, 0.4) is 0 Å². The molecule has 1 aliphatic heterocycles.